The van der Waals surface area contributed by atoms with Crippen LogP contribution >= 0.6 is 11.6 Å². The summed E-state index contributed by atoms with van der Waals surface area (Å²) in [5, 5.41) is -0.207. The lowest BCUT2D eigenvalue weighted by Gasteiger charge is -2.13. The maximum absolute atomic E-state index is 12.8. The molecular weight excluding hydrogens is 355 g/mol. The first-order valence-electron chi connectivity index (χ1n) is 6.62. The van der Waals surface area contributed by atoms with Crippen molar-refractivity contribution in [2.75, 3.05) is 4.72 Å². The van der Waals surface area contributed by atoms with Crippen molar-refractivity contribution in [3.63, 3.8) is 0 Å². The molecule has 2 aromatic rings. The highest BCUT2D eigenvalue weighted by molar-refractivity contribution is 7.92. The Bertz CT molecular complexity index is 862. The zero-order valence-electron chi connectivity index (χ0n) is 11.6. The lowest BCUT2D eigenvalue weighted by molar-refractivity contribution is -0.137. The second kappa shape index (κ2) is 5.41. The van der Waals surface area contributed by atoms with Crippen LogP contribution in [0.3, 0.4) is 0 Å². The monoisotopic (exact) mass is 365 g/mol. The second-order valence-electron chi connectivity index (χ2n) is 5.07. The summed E-state index contributed by atoms with van der Waals surface area (Å²) in [5.41, 5.74) is -1.31. The molecule has 2 heterocycles. The number of benzene rings is 1. The zero-order valence-corrected chi connectivity index (χ0v) is 13.1. The Labute approximate surface area is 135 Å². The minimum atomic E-state index is -4.59. The van der Waals surface area contributed by atoms with Crippen molar-refractivity contribution in [3.8, 4) is 0 Å². The molecule has 0 fully saturated rings. The van der Waals surface area contributed by atoms with E-state index >= 15 is 0 Å². The molecule has 0 saturated carbocycles. The van der Waals surface area contributed by atoms with E-state index in [1.807, 2.05) is 0 Å². The van der Waals surface area contributed by atoms with Crippen molar-refractivity contribution < 1.29 is 21.6 Å². The molecular formula is C13H11ClF3N3O2S. The highest BCUT2D eigenvalue weighted by Crippen LogP contribution is 2.34. The number of halogens is 4. The standard InChI is InChI=1S/C13H11ClF3N3O2S/c14-9-4-3-8(13(15,16)17)6-10(9)19-23(21,22)12-7-18-11-2-1-5-20(11)12/h3-4,6-7,19H,1-2,5H2. The van der Waals surface area contributed by atoms with Crippen LogP contribution in [-0.4, -0.2) is 18.0 Å². The summed E-state index contributed by atoms with van der Waals surface area (Å²) >= 11 is 5.81. The van der Waals surface area contributed by atoms with Gasteiger partial charge in [0.25, 0.3) is 10.0 Å². The van der Waals surface area contributed by atoms with E-state index in [1.165, 1.54) is 10.8 Å². The fourth-order valence-corrected chi connectivity index (χ4v) is 3.88. The van der Waals surface area contributed by atoms with Crippen LogP contribution in [0.1, 0.15) is 17.8 Å². The Balaban J connectivity index is 1.98. The van der Waals surface area contributed by atoms with Gasteiger partial charge < -0.3 is 4.57 Å². The summed E-state index contributed by atoms with van der Waals surface area (Å²) < 4.78 is 66.7. The van der Waals surface area contributed by atoms with Gasteiger partial charge in [0.05, 0.1) is 22.5 Å². The molecule has 1 aromatic carbocycles. The molecule has 1 aromatic heterocycles. The molecule has 23 heavy (non-hydrogen) atoms. The van der Waals surface area contributed by atoms with Gasteiger partial charge in [-0.2, -0.15) is 21.6 Å². The average Bonchev–Trinajstić information content (AvgIpc) is 3.01. The van der Waals surface area contributed by atoms with Gasteiger partial charge in [0, 0.05) is 13.0 Å². The van der Waals surface area contributed by atoms with Crippen molar-refractivity contribution in [2.45, 2.75) is 30.6 Å². The Morgan fingerprint density at radius 2 is 2.04 bits per heavy atom. The summed E-state index contributed by atoms with van der Waals surface area (Å²) in [4.78, 5) is 4.01. The van der Waals surface area contributed by atoms with Gasteiger partial charge in [-0.15, -0.1) is 0 Å². The fraction of sp³-hybridized carbons (Fsp3) is 0.308. The zero-order chi connectivity index (χ0) is 16.8. The number of rotatable bonds is 3. The van der Waals surface area contributed by atoms with Crippen LogP contribution in [0.5, 0.6) is 0 Å². The van der Waals surface area contributed by atoms with Gasteiger partial charge in [-0.25, -0.2) is 4.98 Å². The molecule has 10 heteroatoms. The average molecular weight is 366 g/mol. The molecule has 1 aliphatic rings. The van der Waals surface area contributed by atoms with Crippen LogP contribution in [0.2, 0.25) is 5.02 Å². The minimum Gasteiger partial charge on any atom is -0.318 e. The minimum absolute atomic E-state index is 0.0847. The Morgan fingerprint density at radius 3 is 2.74 bits per heavy atom. The molecule has 0 amide bonds. The number of nitrogens with one attached hydrogen (secondary N) is 1. The smallest absolute Gasteiger partial charge is 0.318 e. The number of imidazole rings is 1. The molecule has 0 bridgehead atoms. The lowest BCUT2D eigenvalue weighted by atomic mass is 10.2. The first-order chi connectivity index (χ1) is 10.7. The molecule has 0 spiro atoms. The van der Waals surface area contributed by atoms with Crippen molar-refractivity contribution in [1.82, 2.24) is 9.55 Å². The van der Waals surface area contributed by atoms with Gasteiger partial charge in [0.2, 0.25) is 0 Å². The van der Waals surface area contributed by atoms with Gasteiger partial charge in [0.1, 0.15) is 5.82 Å². The number of sulfonamides is 1. The number of alkyl halides is 3. The number of anilines is 1. The van der Waals surface area contributed by atoms with Crippen LogP contribution in [-0.2, 0) is 29.2 Å². The second-order valence-corrected chi connectivity index (χ2v) is 7.10. The maximum Gasteiger partial charge on any atom is 0.416 e. The summed E-state index contributed by atoms with van der Waals surface area (Å²) in [5.74, 6) is 0.639. The van der Waals surface area contributed by atoms with Crippen LogP contribution < -0.4 is 4.72 Å². The van der Waals surface area contributed by atoms with Crippen LogP contribution in [0.15, 0.2) is 29.4 Å². The summed E-state index contributed by atoms with van der Waals surface area (Å²) in [6.07, 6.45) is -1.96. The van der Waals surface area contributed by atoms with Crippen molar-refractivity contribution in [3.05, 3.63) is 40.8 Å². The molecule has 0 aliphatic carbocycles. The van der Waals surface area contributed by atoms with Crippen molar-refractivity contribution in [2.24, 2.45) is 0 Å². The number of fused-ring (bicyclic) bond motifs is 1. The summed E-state index contributed by atoms with van der Waals surface area (Å²) in [6, 6.07) is 2.46. The van der Waals surface area contributed by atoms with Crippen LogP contribution in [0.25, 0.3) is 0 Å². The van der Waals surface area contributed by atoms with Gasteiger partial charge in [-0.05, 0) is 24.6 Å². The third-order valence-corrected chi connectivity index (χ3v) is 5.19. The highest BCUT2D eigenvalue weighted by atomic mass is 35.5. The SMILES string of the molecule is O=S(=O)(Nc1cc(C(F)(F)F)ccc1Cl)c1cnc2n1CCC2. The van der Waals surface area contributed by atoms with Gasteiger partial charge in [-0.1, -0.05) is 11.6 Å². The number of hydrogen-bond acceptors (Lipinski definition) is 3. The van der Waals surface area contributed by atoms with E-state index in [4.69, 9.17) is 11.6 Å². The summed E-state index contributed by atoms with van der Waals surface area (Å²) in [6.45, 7) is 0.502. The Kier molecular flexibility index (Phi) is 3.80. The van der Waals surface area contributed by atoms with Gasteiger partial charge in [0.15, 0.2) is 5.03 Å². The van der Waals surface area contributed by atoms with E-state index in [0.717, 1.165) is 18.6 Å². The topological polar surface area (TPSA) is 64.0 Å². The fourth-order valence-electron chi connectivity index (χ4n) is 2.42. The number of aryl methyl sites for hydroxylation is 1. The predicted molar refractivity (Wildman–Crippen MR) is 77.8 cm³/mol. The van der Waals surface area contributed by atoms with Gasteiger partial charge in [-0.3, -0.25) is 4.72 Å². The van der Waals surface area contributed by atoms with Crippen molar-refractivity contribution >= 4 is 27.3 Å². The third-order valence-electron chi connectivity index (χ3n) is 3.50. The molecule has 0 unspecified atom stereocenters. The Morgan fingerprint density at radius 1 is 1.30 bits per heavy atom. The van der Waals surface area contributed by atoms with E-state index in [0.29, 0.717) is 24.9 Å². The first-order valence-corrected chi connectivity index (χ1v) is 8.48. The number of aromatic nitrogens is 2. The highest BCUT2D eigenvalue weighted by Gasteiger charge is 2.32. The van der Waals surface area contributed by atoms with Crippen LogP contribution in [0.4, 0.5) is 18.9 Å². The van der Waals surface area contributed by atoms with E-state index < -0.39 is 21.8 Å². The normalized spacial score (nSPS) is 14.8. The predicted octanol–water partition coefficient (Wildman–Crippen LogP) is 3.30. The Hall–Kier alpha value is -1.74. The lowest BCUT2D eigenvalue weighted by Crippen LogP contribution is -2.18. The first kappa shape index (κ1) is 16.1. The molecule has 1 aliphatic heterocycles. The molecule has 1 N–H and O–H groups in total. The van der Waals surface area contributed by atoms with Gasteiger partial charge >= 0.3 is 6.18 Å². The molecule has 124 valence electrons. The quantitative estimate of drug-likeness (QED) is 0.907. The molecule has 3 rings (SSSR count). The van der Waals surface area contributed by atoms with E-state index in [2.05, 4.69) is 9.71 Å². The van der Waals surface area contributed by atoms with Crippen LogP contribution in [0, 0.1) is 0 Å². The van der Waals surface area contributed by atoms with E-state index in [9.17, 15) is 21.6 Å². The maximum atomic E-state index is 12.8. The molecule has 0 radical (unpaired) electrons. The molecule has 0 atom stereocenters. The largest absolute Gasteiger partial charge is 0.416 e. The van der Waals surface area contributed by atoms with Crippen molar-refractivity contribution in [1.29, 1.82) is 0 Å². The number of nitrogens with zero attached hydrogens (tertiary/aromatic N) is 2. The third kappa shape index (κ3) is 3.02. The summed E-state index contributed by atoms with van der Waals surface area (Å²) in [7, 11) is -4.08. The van der Waals surface area contributed by atoms with E-state index in [1.54, 1.807) is 0 Å². The number of hydrogen-bond donors (Lipinski definition) is 1. The molecule has 0 saturated heterocycles. The van der Waals surface area contributed by atoms with E-state index in [-0.39, 0.29) is 15.7 Å². The molecule has 5 nitrogen and oxygen atoms in total.